The van der Waals surface area contributed by atoms with Crippen LogP contribution >= 0.6 is 11.6 Å². The minimum atomic E-state index is -0.382. The van der Waals surface area contributed by atoms with E-state index in [9.17, 15) is 4.79 Å². The van der Waals surface area contributed by atoms with E-state index < -0.39 is 0 Å². The lowest BCUT2D eigenvalue weighted by atomic mass is 10.0. The summed E-state index contributed by atoms with van der Waals surface area (Å²) in [5.74, 6) is 0. The van der Waals surface area contributed by atoms with Gasteiger partial charge in [0.15, 0.2) is 0 Å². The number of hydrogen-bond acceptors (Lipinski definition) is 3. The summed E-state index contributed by atoms with van der Waals surface area (Å²) in [7, 11) is 0. The van der Waals surface area contributed by atoms with Crippen molar-refractivity contribution >= 4 is 11.6 Å². The SMILES string of the molecule is O=c1ncc(-c2ccncc2)c(-c2ccc(Cl)cc2)[nH]1. The molecule has 0 saturated heterocycles. The number of nitrogens with one attached hydrogen (secondary N) is 1. The number of halogens is 1. The van der Waals surface area contributed by atoms with Crippen LogP contribution in [-0.2, 0) is 0 Å². The molecule has 0 aliphatic rings. The average Bonchev–Trinajstić information content (AvgIpc) is 2.49. The summed E-state index contributed by atoms with van der Waals surface area (Å²) in [5.41, 5.74) is 2.99. The largest absolute Gasteiger partial charge is 0.345 e. The van der Waals surface area contributed by atoms with Gasteiger partial charge in [0.05, 0.1) is 5.69 Å². The highest BCUT2D eigenvalue weighted by molar-refractivity contribution is 6.30. The van der Waals surface area contributed by atoms with Crippen LogP contribution < -0.4 is 5.69 Å². The van der Waals surface area contributed by atoms with Gasteiger partial charge in [-0.15, -0.1) is 0 Å². The molecule has 1 N–H and O–H groups in total. The Kier molecular flexibility index (Phi) is 3.31. The van der Waals surface area contributed by atoms with E-state index in [-0.39, 0.29) is 5.69 Å². The lowest BCUT2D eigenvalue weighted by Crippen LogP contribution is -2.11. The van der Waals surface area contributed by atoms with Crippen molar-refractivity contribution in [2.45, 2.75) is 0 Å². The third-order valence-corrected chi connectivity index (χ3v) is 3.19. The van der Waals surface area contributed by atoms with Crippen LogP contribution in [-0.4, -0.2) is 15.0 Å². The highest BCUT2D eigenvalue weighted by Crippen LogP contribution is 2.29. The second-order valence-electron chi connectivity index (χ2n) is 4.22. The normalized spacial score (nSPS) is 10.4. The van der Waals surface area contributed by atoms with Gasteiger partial charge < -0.3 is 4.98 Å². The number of aromatic nitrogens is 3. The van der Waals surface area contributed by atoms with Gasteiger partial charge in [0.1, 0.15) is 0 Å². The quantitative estimate of drug-likeness (QED) is 0.786. The topological polar surface area (TPSA) is 58.6 Å². The molecule has 20 heavy (non-hydrogen) atoms. The van der Waals surface area contributed by atoms with Gasteiger partial charge in [-0.1, -0.05) is 23.7 Å². The van der Waals surface area contributed by atoms with Crippen LogP contribution in [0.1, 0.15) is 0 Å². The Bertz CT molecular complexity index is 782. The van der Waals surface area contributed by atoms with E-state index in [4.69, 9.17) is 11.6 Å². The zero-order valence-corrected chi connectivity index (χ0v) is 11.1. The number of aromatic amines is 1. The van der Waals surface area contributed by atoms with Crippen molar-refractivity contribution in [1.29, 1.82) is 0 Å². The molecule has 3 rings (SSSR count). The Balaban J connectivity index is 2.22. The van der Waals surface area contributed by atoms with Crippen molar-refractivity contribution in [2.75, 3.05) is 0 Å². The number of rotatable bonds is 2. The molecule has 98 valence electrons. The second-order valence-corrected chi connectivity index (χ2v) is 4.66. The first-order chi connectivity index (χ1) is 9.74. The molecule has 1 aromatic carbocycles. The highest BCUT2D eigenvalue weighted by Gasteiger charge is 2.09. The van der Waals surface area contributed by atoms with Crippen molar-refractivity contribution < 1.29 is 0 Å². The van der Waals surface area contributed by atoms with Crippen LogP contribution in [0.5, 0.6) is 0 Å². The van der Waals surface area contributed by atoms with E-state index in [2.05, 4.69) is 15.0 Å². The Morgan fingerprint density at radius 1 is 0.950 bits per heavy atom. The van der Waals surface area contributed by atoms with Gasteiger partial charge in [-0.05, 0) is 35.4 Å². The maximum atomic E-state index is 11.5. The van der Waals surface area contributed by atoms with Crippen molar-refractivity contribution in [3.05, 3.63) is 70.5 Å². The van der Waals surface area contributed by atoms with Crippen molar-refractivity contribution in [3.63, 3.8) is 0 Å². The molecule has 5 heteroatoms. The Hall–Kier alpha value is -2.46. The first kappa shape index (κ1) is 12.6. The zero-order chi connectivity index (χ0) is 13.9. The second kappa shape index (κ2) is 5.27. The molecule has 0 spiro atoms. The standard InChI is InChI=1S/C15H10ClN3O/c16-12-3-1-11(2-4-12)14-13(9-18-15(20)19-14)10-5-7-17-8-6-10/h1-9H,(H,18,19,20). The van der Waals surface area contributed by atoms with Crippen LogP contribution in [0.2, 0.25) is 5.02 Å². The first-order valence-electron chi connectivity index (χ1n) is 6.00. The number of nitrogens with zero attached hydrogens (tertiary/aromatic N) is 2. The molecule has 0 unspecified atom stereocenters. The molecule has 2 aromatic heterocycles. The molecule has 0 fully saturated rings. The van der Waals surface area contributed by atoms with E-state index in [1.807, 2.05) is 24.3 Å². The summed E-state index contributed by atoms with van der Waals surface area (Å²) in [6, 6.07) is 11.0. The van der Waals surface area contributed by atoms with Crippen LogP contribution in [0.25, 0.3) is 22.4 Å². The van der Waals surface area contributed by atoms with Crippen LogP contribution in [0.4, 0.5) is 0 Å². The molecule has 0 atom stereocenters. The summed E-state index contributed by atoms with van der Waals surface area (Å²) in [6.45, 7) is 0. The molecule has 0 saturated carbocycles. The lowest BCUT2D eigenvalue weighted by molar-refractivity contribution is 1.08. The van der Waals surface area contributed by atoms with Crippen molar-refractivity contribution in [3.8, 4) is 22.4 Å². The van der Waals surface area contributed by atoms with Gasteiger partial charge in [0.2, 0.25) is 0 Å². The minimum absolute atomic E-state index is 0.382. The van der Waals surface area contributed by atoms with Gasteiger partial charge >= 0.3 is 5.69 Å². The van der Waals surface area contributed by atoms with E-state index in [0.717, 1.165) is 16.7 Å². The molecule has 0 bridgehead atoms. The highest BCUT2D eigenvalue weighted by atomic mass is 35.5. The van der Waals surface area contributed by atoms with E-state index >= 15 is 0 Å². The molecule has 0 radical (unpaired) electrons. The van der Waals surface area contributed by atoms with Gasteiger partial charge in [0.25, 0.3) is 0 Å². The van der Waals surface area contributed by atoms with Crippen LogP contribution in [0.15, 0.2) is 59.8 Å². The Morgan fingerprint density at radius 2 is 1.65 bits per heavy atom. The Morgan fingerprint density at radius 3 is 2.35 bits per heavy atom. The molecule has 0 amide bonds. The van der Waals surface area contributed by atoms with E-state index in [1.54, 1.807) is 30.7 Å². The monoisotopic (exact) mass is 283 g/mol. The number of H-pyrrole nitrogens is 1. The van der Waals surface area contributed by atoms with Gasteiger partial charge in [-0.3, -0.25) is 4.98 Å². The molecule has 3 aromatic rings. The molecular formula is C15H10ClN3O. The van der Waals surface area contributed by atoms with Gasteiger partial charge in [-0.2, -0.15) is 0 Å². The molecule has 0 aliphatic carbocycles. The van der Waals surface area contributed by atoms with Crippen molar-refractivity contribution in [2.24, 2.45) is 0 Å². The van der Waals surface area contributed by atoms with Gasteiger partial charge in [-0.25, -0.2) is 9.78 Å². The van der Waals surface area contributed by atoms with E-state index in [1.165, 1.54) is 0 Å². The Labute approximate surface area is 120 Å². The van der Waals surface area contributed by atoms with E-state index in [0.29, 0.717) is 10.7 Å². The summed E-state index contributed by atoms with van der Waals surface area (Å²) >= 11 is 5.89. The molecule has 2 heterocycles. The maximum Gasteiger partial charge on any atom is 0.345 e. The van der Waals surface area contributed by atoms with Crippen molar-refractivity contribution in [1.82, 2.24) is 15.0 Å². The van der Waals surface area contributed by atoms with Crippen LogP contribution in [0, 0.1) is 0 Å². The summed E-state index contributed by atoms with van der Waals surface area (Å²) < 4.78 is 0. The summed E-state index contributed by atoms with van der Waals surface area (Å²) in [4.78, 5) is 22.1. The number of hydrogen-bond donors (Lipinski definition) is 1. The first-order valence-corrected chi connectivity index (χ1v) is 6.37. The van der Waals surface area contributed by atoms with Crippen LogP contribution in [0.3, 0.4) is 0 Å². The predicted octanol–water partition coefficient (Wildman–Crippen LogP) is 3.15. The molecule has 4 nitrogen and oxygen atoms in total. The zero-order valence-electron chi connectivity index (χ0n) is 10.4. The third-order valence-electron chi connectivity index (χ3n) is 2.94. The fourth-order valence-corrected chi connectivity index (χ4v) is 2.11. The number of benzene rings is 1. The fourth-order valence-electron chi connectivity index (χ4n) is 1.99. The third kappa shape index (κ3) is 2.46. The maximum absolute atomic E-state index is 11.5. The lowest BCUT2D eigenvalue weighted by Gasteiger charge is -2.08. The predicted molar refractivity (Wildman–Crippen MR) is 78.5 cm³/mol. The fraction of sp³-hybridized carbons (Fsp3) is 0. The van der Waals surface area contributed by atoms with Gasteiger partial charge in [0, 0.05) is 29.2 Å². The minimum Gasteiger partial charge on any atom is -0.305 e. The average molecular weight is 284 g/mol. The molecule has 0 aliphatic heterocycles. The number of pyridine rings is 1. The molecular weight excluding hydrogens is 274 g/mol. The smallest absolute Gasteiger partial charge is 0.305 e. The summed E-state index contributed by atoms with van der Waals surface area (Å²) in [5, 5.41) is 0.649. The summed E-state index contributed by atoms with van der Waals surface area (Å²) in [6.07, 6.45) is 4.97.